The summed E-state index contributed by atoms with van der Waals surface area (Å²) in [5.74, 6) is 3.31. The fourth-order valence-electron chi connectivity index (χ4n) is 8.52. The van der Waals surface area contributed by atoms with Gasteiger partial charge >= 0.3 is 25.7 Å². The third-order valence-electron chi connectivity index (χ3n) is 12.4. The summed E-state index contributed by atoms with van der Waals surface area (Å²) in [6, 6.07) is 31.2. The van der Waals surface area contributed by atoms with E-state index in [9.17, 15) is 22.8 Å². The van der Waals surface area contributed by atoms with Gasteiger partial charge in [-0.25, -0.2) is 4.98 Å². The van der Waals surface area contributed by atoms with Gasteiger partial charge in [-0.2, -0.15) is 18.3 Å². The van der Waals surface area contributed by atoms with Crippen LogP contribution in [0.2, 0.25) is 0 Å². The second-order valence-corrected chi connectivity index (χ2v) is 22.0. The summed E-state index contributed by atoms with van der Waals surface area (Å²) >= 11 is 6.77. The summed E-state index contributed by atoms with van der Waals surface area (Å²) in [5.41, 5.74) is 7.00. The Morgan fingerprint density at radius 2 is 1.13 bits per heavy atom. The van der Waals surface area contributed by atoms with Crippen molar-refractivity contribution in [1.29, 1.82) is 0 Å². The van der Waals surface area contributed by atoms with Crippen LogP contribution in [0, 0.1) is 0 Å². The Morgan fingerprint density at radius 3 is 1.71 bits per heavy atom. The standard InChI is InChI=1S/C29H30F3N4.C29H19N3O8S2.CNS.Ru/c1-27(2,3)19-7-11-21(12-8-19)36(22-13-9-20(10-14-22)28(4,5)6)23-15-16-33-24(17-23)25-18-26(35-34-25)29(30,31)32;33-14-39-17-2-4-31-20(10-17)22-12-18(40-15-34)11-21(32-22)19-9-16(1-3-30-19)27-25-26(38-8-7-37-25)29(42-27)28-24-23(13-41-28)35-5-6-36-24;2-1-3;/h7-18H,1-6H3;1-4,9-15H,5-8H2;;/q-1;;-1;+2. The number of fused-ring (bicyclic) bond motifs is 2. The molecule has 0 N–H and O–H groups in total. The molecule has 0 saturated carbocycles. The van der Waals surface area contributed by atoms with Crippen molar-refractivity contribution in [2.45, 2.75) is 58.5 Å². The molecule has 2 aromatic carbocycles. The summed E-state index contributed by atoms with van der Waals surface area (Å²) in [4.78, 5) is 44.6. The van der Waals surface area contributed by atoms with Crippen LogP contribution in [-0.4, -0.2) is 69.6 Å². The van der Waals surface area contributed by atoms with E-state index in [0.717, 1.165) is 49.1 Å². The molecular formula is C59H49F3N8O8RuS3. The zero-order valence-electron chi connectivity index (χ0n) is 44.7. The molecule has 0 aliphatic carbocycles. The van der Waals surface area contributed by atoms with E-state index in [0.29, 0.717) is 90.8 Å². The maximum Gasteiger partial charge on any atom is 2.00 e. The Bertz CT molecular complexity index is 3690. The van der Waals surface area contributed by atoms with E-state index in [-0.39, 0.29) is 41.8 Å². The van der Waals surface area contributed by atoms with Gasteiger partial charge in [0.15, 0.2) is 23.0 Å². The molecule has 7 aromatic heterocycles. The fourth-order valence-corrected chi connectivity index (χ4v) is 10.8. The Kier molecular flexibility index (Phi) is 18.8. The van der Waals surface area contributed by atoms with Crippen LogP contribution in [0.15, 0.2) is 127 Å². The van der Waals surface area contributed by atoms with Crippen LogP contribution >= 0.6 is 34.9 Å². The number of benzene rings is 2. The van der Waals surface area contributed by atoms with Gasteiger partial charge in [-0.15, -0.1) is 22.7 Å². The van der Waals surface area contributed by atoms with Crippen molar-refractivity contribution in [1.82, 2.24) is 30.1 Å². The summed E-state index contributed by atoms with van der Waals surface area (Å²) in [5, 5.41) is 17.4. The number of isothiocyanates is 1. The van der Waals surface area contributed by atoms with Crippen LogP contribution in [0.1, 0.15) is 58.4 Å². The van der Waals surface area contributed by atoms with Crippen molar-refractivity contribution in [3.63, 3.8) is 0 Å². The molecule has 23 heteroatoms. The quantitative estimate of drug-likeness (QED) is 0.0485. The normalized spacial score (nSPS) is 12.5. The molecule has 16 nitrogen and oxygen atoms in total. The van der Waals surface area contributed by atoms with Gasteiger partial charge in [0.1, 0.15) is 43.6 Å². The summed E-state index contributed by atoms with van der Waals surface area (Å²) in [6.45, 7) is 15.5. The van der Waals surface area contributed by atoms with Crippen LogP contribution in [0.25, 0.3) is 59.8 Å². The molecule has 420 valence electrons. The number of anilines is 3. The largest absolute Gasteiger partial charge is 2.00 e. The predicted octanol–water partition coefficient (Wildman–Crippen LogP) is 14.1. The first kappa shape index (κ1) is 59.9. The van der Waals surface area contributed by atoms with Crippen molar-refractivity contribution < 1.29 is 70.7 Å². The Balaban J connectivity index is 0.000000205. The minimum absolute atomic E-state index is 0. The Morgan fingerprint density at radius 1 is 0.622 bits per heavy atom. The maximum atomic E-state index is 13.1. The predicted molar refractivity (Wildman–Crippen MR) is 307 cm³/mol. The van der Waals surface area contributed by atoms with Crippen LogP contribution in [0.4, 0.5) is 30.2 Å². The summed E-state index contributed by atoms with van der Waals surface area (Å²) in [6.07, 6.45) is 0.184. The monoisotopic (exact) mass is 1250 g/mol. The number of carbonyl (C=O) groups excluding carboxylic acids is 2. The van der Waals surface area contributed by atoms with Gasteiger partial charge < -0.3 is 48.9 Å². The fraction of sp³-hybridized carbons (Fsp3) is 0.220. The number of hydrogen-bond donors (Lipinski definition) is 0. The van der Waals surface area contributed by atoms with Crippen LogP contribution in [0.5, 0.6) is 34.5 Å². The average molecular weight is 1250 g/mol. The second-order valence-electron chi connectivity index (χ2n) is 19.9. The molecule has 2 aliphatic rings. The molecule has 9 heterocycles. The van der Waals surface area contributed by atoms with E-state index in [1.165, 1.54) is 45.2 Å². The van der Waals surface area contributed by atoms with E-state index < -0.39 is 11.9 Å². The van der Waals surface area contributed by atoms with E-state index in [4.69, 9.17) is 38.8 Å². The molecule has 0 fully saturated rings. The van der Waals surface area contributed by atoms with Gasteiger partial charge in [-0.3, -0.25) is 24.5 Å². The third kappa shape index (κ3) is 13.7. The number of hydrogen-bond acceptors (Lipinski definition) is 17. The number of nitrogens with zero attached hydrogens (tertiary/aromatic N) is 8. The van der Waals surface area contributed by atoms with Gasteiger partial charge in [-0.05, 0) is 88.2 Å². The first-order valence-corrected chi connectivity index (χ1v) is 27.0. The number of ether oxygens (including phenoxy) is 6. The van der Waals surface area contributed by atoms with Gasteiger partial charge in [0.2, 0.25) is 0 Å². The van der Waals surface area contributed by atoms with Crippen LogP contribution in [-0.2, 0) is 46.1 Å². The zero-order chi connectivity index (χ0) is 57.5. The summed E-state index contributed by atoms with van der Waals surface area (Å²) in [7, 11) is 0. The number of thiocarbonyl (C=S) groups is 1. The number of pyridine rings is 4. The molecule has 0 bridgehead atoms. The van der Waals surface area contributed by atoms with E-state index in [1.54, 1.807) is 42.7 Å². The van der Waals surface area contributed by atoms with Crippen LogP contribution in [0.3, 0.4) is 0 Å². The molecule has 2 aliphatic heterocycles. The number of carbonyl (C=O) groups is 2. The zero-order valence-corrected chi connectivity index (χ0v) is 48.9. The molecule has 9 aromatic rings. The third-order valence-corrected chi connectivity index (χ3v) is 14.7. The molecular weight excluding hydrogens is 1200 g/mol. The van der Waals surface area contributed by atoms with Crippen molar-refractivity contribution in [2.24, 2.45) is 0 Å². The van der Waals surface area contributed by atoms with Gasteiger partial charge in [-0.1, -0.05) is 83.7 Å². The number of halogens is 3. The van der Waals surface area contributed by atoms with Gasteiger partial charge in [0.25, 0.3) is 12.9 Å². The first-order chi connectivity index (χ1) is 38.9. The van der Waals surface area contributed by atoms with Crippen molar-refractivity contribution >= 4 is 70.1 Å². The maximum absolute atomic E-state index is 13.1. The number of aromatic nitrogens is 6. The van der Waals surface area contributed by atoms with E-state index >= 15 is 0 Å². The number of alkyl halides is 3. The van der Waals surface area contributed by atoms with Gasteiger partial charge in [0.05, 0.1) is 43.1 Å². The molecule has 0 unspecified atom stereocenters. The molecule has 0 atom stereocenters. The molecule has 82 heavy (non-hydrogen) atoms. The topological polar surface area (TPSA) is 194 Å². The molecule has 11 rings (SSSR count). The molecule has 0 saturated heterocycles. The smallest absolute Gasteiger partial charge is 0.753 e. The number of rotatable bonds is 12. The van der Waals surface area contributed by atoms with Crippen LogP contribution < -0.4 is 38.4 Å². The van der Waals surface area contributed by atoms with Crippen molar-refractivity contribution in [3.8, 4) is 88.9 Å². The first-order valence-electron chi connectivity index (χ1n) is 24.9. The summed E-state index contributed by atoms with van der Waals surface area (Å²) < 4.78 is 73.2. The minimum atomic E-state index is -4.56. The average Bonchev–Trinajstić information content (AvgIpc) is 4.43. The number of thiophene rings is 2. The van der Waals surface area contributed by atoms with Crippen molar-refractivity contribution in [2.75, 3.05) is 31.3 Å². The SMILES string of the molecule is CC(C)(C)c1ccc(N(c2ccc(C(C)(C)C)cc2)c2ccnc(-c3cc(C(F)(F)F)n[n-]3)c2)cc1.O=COc1ccnc(-c2cc(OC=O)cc(-c3cc(-c4sc(-c5scc6c5OCCO6)c5c4OCCO5)ccn3)n2)c1.[N-]=C=S.[Ru+2]. The van der Waals surface area contributed by atoms with E-state index in [1.807, 2.05) is 23.6 Å². The molecule has 0 spiro atoms. The molecule has 0 radical (unpaired) electrons. The molecule has 0 amide bonds. The van der Waals surface area contributed by atoms with Gasteiger partial charge in [0, 0.05) is 59.2 Å². The minimum Gasteiger partial charge on any atom is -0.753 e. The van der Waals surface area contributed by atoms with E-state index in [2.05, 4.69) is 132 Å². The van der Waals surface area contributed by atoms with Crippen molar-refractivity contribution in [3.05, 3.63) is 149 Å². The Hall–Kier alpha value is -8.20. The Labute approximate surface area is 495 Å². The second kappa shape index (κ2) is 25.7.